The lowest BCUT2D eigenvalue weighted by Crippen LogP contribution is -2.31. The van der Waals surface area contributed by atoms with Gasteiger partial charge in [-0.3, -0.25) is 4.79 Å². The predicted octanol–water partition coefficient (Wildman–Crippen LogP) is 2.47. The van der Waals surface area contributed by atoms with Crippen molar-refractivity contribution < 1.29 is 14.3 Å². The second kappa shape index (κ2) is 8.68. The molecule has 5 nitrogen and oxygen atoms in total. The molecule has 23 heavy (non-hydrogen) atoms. The van der Waals surface area contributed by atoms with E-state index in [1.165, 1.54) is 5.56 Å². The van der Waals surface area contributed by atoms with Gasteiger partial charge < -0.3 is 20.1 Å². The number of benzene rings is 2. The van der Waals surface area contributed by atoms with Gasteiger partial charge in [-0.1, -0.05) is 30.3 Å². The normalized spacial score (nSPS) is 10.0. The number of anilines is 1. The molecule has 0 radical (unpaired) electrons. The van der Waals surface area contributed by atoms with E-state index in [0.29, 0.717) is 18.0 Å². The van der Waals surface area contributed by atoms with Crippen LogP contribution < -0.4 is 20.1 Å². The van der Waals surface area contributed by atoms with Crippen LogP contribution in [0.4, 0.5) is 5.69 Å². The summed E-state index contributed by atoms with van der Waals surface area (Å²) in [6.45, 7) is 0.834. The van der Waals surface area contributed by atoms with Crippen molar-refractivity contribution in [3.05, 3.63) is 54.1 Å². The molecule has 0 aliphatic carbocycles. The summed E-state index contributed by atoms with van der Waals surface area (Å²) in [5, 5.41) is 5.97. The van der Waals surface area contributed by atoms with E-state index >= 15 is 0 Å². The molecule has 0 aliphatic heterocycles. The number of carbonyl (C=O) groups is 1. The monoisotopic (exact) mass is 314 g/mol. The third-order valence-electron chi connectivity index (χ3n) is 3.42. The van der Waals surface area contributed by atoms with Gasteiger partial charge in [0.15, 0.2) is 11.5 Å². The zero-order chi connectivity index (χ0) is 16.5. The first-order valence-corrected chi connectivity index (χ1v) is 7.49. The molecule has 1 amide bonds. The highest BCUT2D eigenvalue weighted by Gasteiger charge is 2.06. The fraction of sp³-hybridized carbons (Fsp3) is 0.278. The summed E-state index contributed by atoms with van der Waals surface area (Å²) in [6.07, 6.45) is 0.822. The first-order valence-electron chi connectivity index (χ1n) is 7.49. The molecule has 2 rings (SSSR count). The van der Waals surface area contributed by atoms with Gasteiger partial charge in [-0.15, -0.1) is 0 Å². The Morgan fingerprint density at radius 2 is 1.74 bits per heavy atom. The van der Waals surface area contributed by atoms with Crippen molar-refractivity contribution in [2.75, 3.05) is 32.6 Å². The summed E-state index contributed by atoms with van der Waals surface area (Å²) < 4.78 is 10.4. The predicted molar refractivity (Wildman–Crippen MR) is 91.2 cm³/mol. The first-order chi connectivity index (χ1) is 11.2. The highest BCUT2D eigenvalue weighted by molar-refractivity contribution is 5.80. The molecule has 0 heterocycles. The summed E-state index contributed by atoms with van der Waals surface area (Å²) >= 11 is 0. The Hall–Kier alpha value is -2.69. The second-order valence-electron chi connectivity index (χ2n) is 5.01. The molecule has 0 saturated carbocycles. The van der Waals surface area contributed by atoms with Crippen molar-refractivity contribution in [3.63, 3.8) is 0 Å². The molecule has 2 N–H and O–H groups in total. The Labute approximate surface area is 136 Å². The van der Waals surface area contributed by atoms with Gasteiger partial charge in [-0.05, 0) is 24.1 Å². The molecule has 0 aliphatic rings. The van der Waals surface area contributed by atoms with E-state index in [2.05, 4.69) is 10.6 Å². The van der Waals surface area contributed by atoms with Crippen LogP contribution in [0, 0.1) is 0 Å². The minimum absolute atomic E-state index is 0.0456. The summed E-state index contributed by atoms with van der Waals surface area (Å²) in [5.74, 6) is 1.24. The van der Waals surface area contributed by atoms with E-state index in [1.807, 2.05) is 36.4 Å². The van der Waals surface area contributed by atoms with Gasteiger partial charge in [0.05, 0.1) is 20.8 Å². The Bertz CT molecular complexity index is 629. The van der Waals surface area contributed by atoms with Gasteiger partial charge in [0, 0.05) is 18.3 Å². The van der Waals surface area contributed by atoms with Crippen LogP contribution >= 0.6 is 0 Å². The van der Waals surface area contributed by atoms with Crippen molar-refractivity contribution in [1.29, 1.82) is 0 Å². The maximum absolute atomic E-state index is 11.9. The van der Waals surface area contributed by atoms with Crippen LogP contribution in [0.2, 0.25) is 0 Å². The summed E-state index contributed by atoms with van der Waals surface area (Å²) in [7, 11) is 3.17. The summed E-state index contributed by atoms with van der Waals surface area (Å²) in [4.78, 5) is 11.9. The van der Waals surface area contributed by atoms with Gasteiger partial charge in [-0.2, -0.15) is 0 Å². The van der Waals surface area contributed by atoms with E-state index in [-0.39, 0.29) is 12.5 Å². The van der Waals surface area contributed by atoms with E-state index in [0.717, 1.165) is 12.1 Å². The number of hydrogen-bond donors (Lipinski definition) is 2. The number of amides is 1. The largest absolute Gasteiger partial charge is 0.493 e. The second-order valence-corrected chi connectivity index (χ2v) is 5.01. The molecule has 2 aromatic carbocycles. The number of methoxy groups -OCH3 is 2. The summed E-state index contributed by atoms with van der Waals surface area (Å²) in [5.41, 5.74) is 2.02. The maximum atomic E-state index is 11.9. The van der Waals surface area contributed by atoms with Gasteiger partial charge in [-0.25, -0.2) is 0 Å². The SMILES string of the molecule is COc1ccc(NCC(=O)NCCc2ccccc2)cc1OC. The fourth-order valence-electron chi connectivity index (χ4n) is 2.18. The van der Waals surface area contributed by atoms with E-state index in [4.69, 9.17) is 9.47 Å². The van der Waals surface area contributed by atoms with Crippen molar-refractivity contribution in [2.45, 2.75) is 6.42 Å². The van der Waals surface area contributed by atoms with Gasteiger partial charge in [0.25, 0.3) is 0 Å². The van der Waals surface area contributed by atoms with E-state index in [1.54, 1.807) is 26.4 Å². The number of nitrogens with one attached hydrogen (secondary N) is 2. The van der Waals surface area contributed by atoms with E-state index in [9.17, 15) is 4.79 Å². The third kappa shape index (κ3) is 5.21. The molecule has 0 fully saturated rings. The quantitative estimate of drug-likeness (QED) is 0.786. The average Bonchev–Trinajstić information content (AvgIpc) is 2.60. The number of carbonyl (C=O) groups excluding carboxylic acids is 1. The maximum Gasteiger partial charge on any atom is 0.239 e. The third-order valence-corrected chi connectivity index (χ3v) is 3.42. The fourth-order valence-corrected chi connectivity index (χ4v) is 2.18. The molecule has 0 unspecified atom stereocenters. The van der Waals surface area contributed by atoms with Crippen LogP contribution in [0.5, 0.6) is 11.5 Å². The topological polar surface area (TPSA) is 59.6 Å². The minimum atomic E-state index is -0.0456. The lowest BCUT2D eigenvalue weighted by molar-refractivity contribution is -0.119. The van der Waals surface area contributed by atoms with Crippen LogP contribution in [0.25, 0.3) is 0 Å². The highest BCUT2D eigenvalue weighted by Crippen LogP contribution is 2.29. The molecular weight excluding hydrogens is 292 g/mol. The Morgan fingerprint density at radius 1 is 1.00 bits per heavy atom. The molecule has 0 aromatic heterocycles. The van der Waals surface area contributed by atoms with Gasteiger partial charge in [0.1, 0.15) is 0 Å². The van der Waals surface area contributed by atoms with Crippen molar-refractivity contribution in [3.8, 4) is 11.5 Å². The van der Waals surface area contributed by atoms with Crippen LogP contribution in [0.3, 0.4) is 0 Å². The van der Waals surface area contributed by atoms with Gasteiger partial charge in [0.2, 0.25) is 5.91 Å². The zero-order valence-corrected chi connectivity index (χ0v) is 13.5. The molecular formula is C18H22N2O3. The molecule has 2 aromatic rings. The molecule has 0 saturated heterocycles. The van der Waals surface area contributed by atoms with Crippen molar-refractivity contribution >= 4 is 11.6 Å². The zero-order valence-electron chi connectivity index (χ0n) is 13.5. The Balaban J connectivity index is 1.76. The number of rotatable bonds is 8. The number of hydrogen-bond acceptors (Lipinski definition) is 4. The Morgan fingerprint density at radius 3 is 2.43 bits per heavy atom. The van der Waals surface area contributed by atoms with Crippen LogP contribution in [0.1, 0.15) is 5.56 Å². The molecule has 122 valence electrons. The van der Waals surface area contributed by atoms with Gasteiger partial charge >= 0.3 is 0 Å². The smallest absolute Gasteiger partial charge is 0.239 e. The standard InChI is InChI=1S/C18H22N2O3/c1-22-16-9-8-15(12-17(16)23-2)20-13-18(21)19-11-10-14-6-4-3-5-7-14/h3-9,12,20H,10-11,13H2,1-2H3,(H,19,21). The lowest BCUT2D eigenvalue weighted by atomic mass is 10.1. The van der Waals surface area contributed by atoms with Crippen LogP contribution in [0.15, 0.2) is 48.5 Å². The lowest BCUT2D eigenvalue weighted by Gasteiger charge is -2.11. The van der Waals surface area contributed by atoms with Crippen LogP contribution in [-0.2, 0) is 11.2 Å². The first kappa shape index (κ1) is 16.7. The minimum Gasteiger partial charge on any atom is -0.493 e. The molecule has 0 spiro atoms. The Kier molecular flexibility index (Phi) is 6.29. The molecule has 0 bridgehead atoms. The van der Waals surface area contributed by atoms with E-state index < -0.39 is 0 Å². The average molecular weight is 314 g/mol. The summed E-state index contributed by atoms with van der Waals surface area (Å²) in [6, 6.07) is 15.5. The van der Waals surface area contributed by atoms with Crippen molar-refractivity contribution in [2.24, 2.45) is 0 Å². The van der Waals surface area contributed by atoms with Crippen molar-refractivity contribution in [1.82, 2.24) is 5.32 Å². The van der Waals surface area contributed by atoms with Crippen LogP contribution in [-0.4, -0.2) is 33.2 Å². The molecule has 0 atom stereocenters. The highest BCUT2D eigenvalue weighted by atomic mass is 16.5. The molecule has 5 heteroatoms. The number of ether oxygens (including phenoxy) is 2.